The number of rotatable bonds is 4. The molecule has 5 nitrogen and oxygen atoms in total. The van der Waals surface area contributed by atoms with Crippen molar-refractivity contribution in [1.82, 2.24) is 19.7 Å². The van der Waals surface area contributed by atoms with Gasteiger partial charge < -0.3 is 5.32 Å². The van der Waals surface area contributed by atoms with E-state index in [4.69, 9.17) is 11.6 Å². The molecule has 3 aromatic rings. The summed E-state index contributed by atoms with van der Waals surface area (Å²) >= 11 is 5.63. The zero-order valence-electron chi connectivity index (χ0n) is 10.1. The first-order chi connectivity index (χ1) is 9.38. The predicted molar refractivity (Wildman–Crippen MR) is 75.9 cm³/mol. The molecular formula is C13H12ClN5. The quantitative estimate of drug-likeness (QED) is 0.742. The molecule has 0 amide bonds. The van der Waals surface area contributed by atoms with E-state index in [1.165, 1.54) is 0 Å². The topological polar surface area (TPSA) is 55.6 Å². The van der Waals surface area contributed by atoms with Crippen molar-refractivity contribution in [2.75, 3.05) is 17.7 Å². The lowest BCUT2D eigenvalue weighted by Crippen LogP contribution is -2.05. The molecule has 0 aliphatic rings. The van der Waals surface area contributed by atoms with Crippen LogP contribution in [0.2, 0.25) is 0 Å². The molecule has 3 rings (SSSR count). The van der Waals surface area contributed by atoms with Gasteiger partial charge in [0.15, 0.2) is 5.65 Å². The maximum atomic E-state index is 5.63. The van der Waals surface area contributed by atoms with E-state index < -0.39 is 0 Å². The SMILES string of the molecule is ClCCNc1cnc2c(cnn2-c2ccccc2)n1. The molecule has 0 unspecified atom stereocenters. The Bertz CT molecular complexity index is 680. The van der Waals surface area contributed by atoms with Crippen LogP contribution in [-0.4, -0.2) is 32.2 Å². The third-order valence-corrected chi connectivity index (χ3v) is 2.87. The van der Waals surface area contributed by atoms with E-state index in [0.717, 1.165) is 16.9 Å². The van der Waals surface area contributed by atoms with Gasteiger partial charge in [-0.3, -0.25) is 0 Å². The third-order valence-electron chi connectivity index (χ3n) is 2.68. The highest BCUT2D eigenvalue weighted by atomic mass is 35.5. The zero-order valence-corrected chi connectivity index (χ0v) is 10.9. The Kier molecular flexibility index (Phi) is 3.29. The van der Waals surface area contributed by atoms with Crippen molar-refractivity contribution in [2.45, 2.75) is 0 Å². The number of para-hydroxylation sites is 1. The molecule has 0 spiro atoms. The molecule has 1 aromatic carbocycles. The van der Waals surface area contributed by atoms with Crippen molar-refractivity contribution in [1.29, 1.82) is 0 Å². The summed E-state index contributed by atoms with van der Waals surface area (Å²) in [5.41, 5.74) is 2.46. The summed E-state index contributed by atoms with van der Waals surface area (Å²) in [4.78, 5) is 8.85. The van der Waals surface area contributed by atoms with E-state index in [1.54, 1.807) is 17.1 Å². The highest BCUT2D eigenvalue weighted by Gasteiger charge is 2.07. The summed E-state index contributed by atoms with van der Waals surface area (Å²) < 4.78 is 1.77. The second-order valence-electron chi connectivity index (χ2n) is 3.97. The number of anilines is 1. The van der Waals surface area contributed by atoms with E-state index in [-0.39, 0.29) is 0 Å². The fraction of sp³-hybridized carbons (Fsp3) is 0.154. The van der Waals surface area contributed by atoms with Gasteiger partial charge >= 0.3 is 0 Å². The summed E-state index contributed by atoms with van der Waals surface area (Å²) in [6.45, 7) is 0.661. The molecule has 0 aliphatic carbocycles. The van der Waals surface area contributed by atoms with Gasteiger partial charge in [-0.25, -0.2) is 14.6 Å². The lowest BCUT2D eigenvalue weighted by atomic mass is 10.3. The van der Waals surface area contributed by atoms with E-state index in [2.05, 4.69) is 20.4 Å². The Morgan fingerprint density at radius 2 is 2.00 bits per heavy atom. The Morgan fingerprint density at radius 1 is 1.16 bits per heavy atom. The van der Waals surface area contributed by atoms with Crippen molar-refractivity contribution in [3.05, 3.63) is 42.7 Å². The number of halogens is 1. The summed E-state index contributed by atoms with van der Waals surface area (Å²) in [6.07, 6.45) is 3.40. The molecule has 19 heavy (non-hydrogen) atoms. The fourth-order valence-electron chi connectivity index (χ4n) is 1.83. The minimum absolute atomic E-state index is 0.531. The van der Waals surface area contributed by atoms with Crippen molar-refractivity contribution in [3.8, 4) is 5.69 Å². The van der Waals surface area contributed by atoms with Gasteiger partial charge in [-0.15, -0.1) is 11.6 Å². The van der Waals surface area contributed by atoms with Gasteiger partial charge in [0.25, 0.3) is 0 Å². The molecule has 2 aromatic heterocycles. The normalized spacial score (nSPS) is 10.8. The molecule has 0 atom stereocenters. The molecule has 6 heteroatoms. The van der Waals surface area contributed by atoms with Crippen LogP contribution in [0.4, 0.5) is 5.82 Å². The maximum absolute atomic E-state index is 5.63. The Balaban J connectivity index is 2.00. The van der Waals surface area contributed by atoms with Crippen LogP contribution >= 0.6 is 11.6 Å². The molecule has 1 N–H and O–H groups in total. The highest BCUT2D eigenvalue weighted by molar-refractivity contribution is 6.18. The number of nitrogens with one attached hydrogen (secondary N) is 1. The van der Waals surface area contributed by atoms with Crippen LogP contribution in [0.3, 0.4) is 0 Å². The van der Waals surface area contributed by atoms with Crippen molar-refractivity contribution < 1.29 is 0 Å². The van der Waals surface area contributed by atoms with E-state index in [9.17, 15) is 0 Å². The zero-order chi connectivity index (χ0) is 13.1. The fourth-order valence-corrected chi connectivity index (χ4v) is 1.93. The van der Waals surface area contributed by atoms with Crippen LogP contribution in [0.25, 0.3) is 16.9 Å². The summed E-state index contributed by atoms with van der Waals surface area (Å²) in [5, 5.41) is 7.42. The van der Waals surface area contributed by atoms with Crippen LogP contribution in [0.5, 0.6) is 0 Å². The Morgan fingerprint density at radius 3 is 2.79 bits per heavy atom. The first kappa shape index (κ1) is 11.9. The van der Waals surface area contributed by atoms with Crippen LogP contribution in [0.1, 0.15) is 0 Å². The molecule has 0 radical (unpaired) electrons. The molecule has 0 fully saturated rings. The van der Waals surface area contributed by atoms with Gasteiger partial charge in [0.05, 0.1) is 18.1 Å². The largest absolute Gasteiger partial charge is 0.368 e. The molecule has 96 valence electrons. The van der Waals surface area contributed by atoms with Crippen LogP contribution in [0, 0.1) is 0 Å². The summed E-state index contributed by atoms with van der Waals surface area (Å²) in [6, 6.07) is 9.86. The molecule has 0 saturated heterocycles. The molecule has 0 aliphatic heterocycles. The van der Waals surface area contributed by atoms with Gasteiger partial charge in [-0.1, -0.05) is 18.2 Å². The van der Waals surface area contributed by atoms with Gasteiger partial charge in [0.2, 0.25) is 0 Å². The van der Waals surface area contributed by atoms with Crippen molar-refractivity contribution >= 4 is 28.6 Å². The van der Waals surface area contributed by atoms with Crippen LogP contribution < -0.4 is 5.32 Å². The number of nitrogens with zero attached hydrogens (tertiary/aromatic N) is 4. The van der Waals surface area contributed by atoms with Gasteiger partial charge in [0, 0.05) is 12.4 Å². The summed E-state index contributed by atoms with van der Waals surface area (Å²) in [7, 11) is 0. The maximum Gasteiger partial charge on any atom is 0.181 e. The minimum atomic E-state index is 0.531. The number of hydrogen-bond acceptors (Lipinski definition) is 4. The predicted octanol–water partition coefficient (Wildman–Crippen LogP) is 2.47. The summed E-state index contributed by atoms with van der Waals surface area (Å²) in [5.74, 6) is 1.24. The molecule has 0 saturated carbocycles. The van der Waals surface area contributed by atoms with Crippen LogP contribution in [-0.2, 0) is 0 Å². The third kappa shape index (κ3) is 2.37. The monoisotopic (exact) mass is 273 g/mol. The van der Waals surface area contributed by atoms with Crippen molar-refractivity contribution in [3.63, 3.8) is 0 Å². The number of hydrogen-bond donors (Lipinski definition) is 1. The number of aromatic nitrogens is 4. The molecule has 2 heterocycles. The number of benzene rings is 1. The van der Waals surface area contributed by atoms with E-state index in [1.807, 2.05) is 30.3 Å². The average Bonchev–Trinajstić information content (AvgIpc) is 2.89. The molecule has 0 bridgehead atoms. The lowest BCUT2D eigenvalue weighted by Gasteiger charge is -2.04. The van der Waals surface area contributed by atoms with Gasteiger partial charge in [-0.2, -0.15) is 5.10 Å². The first-order valence-corrected chi connectivity index (χ1v) is 6.48. The lowest BCUT2D eigenvalue weighted by molar-refractivity contribution is 0.897. The van der Waals surface area contributed by atoms with Gasteiger partial charge in [0.1, 0.15) is 11.3 Å². The second kappa shape index (κ2) is 5.24. The second-order valence-corrected chi connectivity index (χ2v) is 4.35. The average molecular weight is 274 g/mol. The standard InChI is InChI=1S/C13H12ClN5/c14-6-7-15-12-9-16-13-11(18-12)8-17-19(13)10-4-2-1-3-5-10/h1-5,8-9H,6-7H2,(H,15,18). The Hall–Kier alpha value is -2.14. The molecular weight excluding hydrogens is 262 g/mol. The highest BCUT2D eigenvalue weighted by Crippen LogP contribution is 2.15. The number of fused-ring (bicyclic) bond motifs is 1. The number of alkyl halides is 1. The van der Waals surface area contributed by atoms with Gasteiger partial charge in [-0.05, 0) is 12.1 Å². The Labute approximate surface area is 115 Å². The smallest absolute Gasteiger partial charge is 0.181 e. The van der Waals surface area contributed by atoms with E-state index in [0.29, 0.717) is 18.2 Å². The minimum Gasteiger partial charge on any atom is -0.368 e. The van der Waals surface area contributed by atoms with Crippen molar-refractivity contribution in [2.24, 2.45) is 0 Å². The van der Waals surface area contributed by atoms with E-state index >= 15 is 0 Å². The van der Waals surface area contributed by atoms with Crippen LogP contribution in [0.15, 0.2) is 42.7 Å². The first-order valence-electron chi connectivity index (χ1n) is 5.94.